The Hall–Kier alpha value is -4.21. The molecule has 1 heterocycles. The van der Waals surface area contributed by atoms with Crippen LogP contribution in [0.1, 0.15) is 31.2 Å². The number of hydrogen-bond acceptors (Lipinski definition) is 7. The summed E-state index contributed by atoms with van der Waals surface area (Å²) in [6, 6.07) is 25.0. The summed E-state index contributed by atoms with van der Waals surface area (Å²) in [6.07, 6.45) is 5.24. The van der Waals surface area contributed by atoms with Crippen molar-refractivity contribution in [1.82, 2.24) is 9.21 Å². The van der Waals surface area contributed by atoms with Gasteiger partial charge in [-0.3, -0.25) is 0 Å². The summed E-state index contributed by atoms with van der Waals surface area (Å²) in [6.45, 7) is 1.19. The van der Waals surface area contributed by atoms with Crippen molar-refractivity contribution < 1.29 is 17.9 Å². The van der Waals surface area contributed by atoms with Crippen molar-refractivity contribution in [2.24, 2.45) is 4.99 Å². The molecule has 0 bridgehead atoms. The van der Waals surface area contributed by atoms with Gasteiger partial charge in [0, 0.05) is 69.5 Å². The second kappa shape index (κ2) is 13.0. The van der Waals surface area contributed by atoms with Crippen molar-refractivity contribution in [3.05, 3.63) is 96.3 Å². The zero-order chi connectivity index (χ0) is 30.6. The number of nitrogens with zero attached hydrogens (tertiary/aromatic N) is 4. The molecule has 0 amide bonds. The van der Waals surface area contributed by atoms with Crippen molar-refractivity contribution in [2.45, 2.75) is 30.6 Å². The third-order valence-corrected chi connectivity index (χ3v) is 9.66. The van der Waals surface area contributed by atoms with Crippen molar-refractivity contribution in [3.8, 4) is 0 Å². The van der Waals surface area contributed by atoms with Gasteiger partial charge in [-0.2, -0.15) is 0 Å². The number of unbranched alkanes of at least 4 members (excludes halogenated alkanes) is 3. The molecular weight excluding hydrogens is 560 g/mol. The first-order valence-electron chi connectivity index (χ1n) is 14.5. The van der Waals surface area contributed by atoms with E-state index in [4.69, 9.17) is 4.74 Å². The number of fused-ring (bicyclic) bond motifs is 2. The lowest BCUT2D eigenvalue weighted by atomic mass is 10.0. The Morgan fingerprint density at radius 1 is 0.744 bits per heavy atom. The van der Waals surface area contributed by atoms with Crippen LogP contribution in [-0.4, -0.2) is 70.8 Å². The Labute approximate surface area is 253 Å². The number of aliphatic imine (C=N–C) groups is 1. The maximum atomic E-state index is 13.5. The molecule has 0 unspecified atom stereocenters. The summed E-state index contributed by atoms with van der Waals surface area (Å²) >= 11 is 0. The molecule has 0 aliphatic carbocycles. The number of hydrogen-bond donors (Lipinski definition) is 0. The van der Waals surface area contributed by atoms with Crippen molar-refractivity contribution in [2.75, 3.05) is 46.2 Å². The largest absolute Gasteiger partial charge is 0.402 e. The monoisotopic (exact) mass is 598 g/mol. The zero-order valence-electron chi connectivity index (χ0n) is 25.2. The number of benzene rings is 4. The van der Waals surface area contributed by atoms with Crippen LogP contribution in [0.5, 0.6) is 0 Å². The second-order valence-corrected chi connectivity index (χ2v) is 13.1. The van der Waals surface area contributed by atoms with Gasteiger partial charge in [0.1, 0.15) is 0 Å². The molecule has 4 aromatic rings. The molecule has 0 aromatic heterocycles. The number of carbonyl (C=O) groups is 1. The van der Waals surface area contributed by atoms with Crippen LogP contribution in [0.2, 0.25) is 0 Å². The van der Waals surface area contributed by atoms with E-state index in [1.807, 2.05) is 104 Å². The van der Waals surface area contributed by atoms with Gasteiger partial charge < -0.3 is 14.5 Å². The third kappa shape index (κ3) is 6.58. The van der Waals surface area contributed by atoms with Gasteiger partial charge in [-0.15, -0.1) is 0 Å². The molecule has 0 fully saturated rings. The number of rotatable bonds is 12. The zero-order valence-corrected chi connectivity index (χ0v) is 26.0. The van der Waals surface area contributed by atoms with E-state index in [0.29, 0.717) is 17.3 Å². The van der Waals surface area contributed by atoms with E-state index in [2.05, 4.69) is 4.99 Å². The SMILES string of the molecule is CN(/C=C1/N=C(c2cccc3ccccc23)OC1=O)CCCCCCN(C)S(=O)(=O)c1cccc2c(N(C)C)cccc12. The van der Waals surface area contributed by atoms with Gasteiger partial charge in [0.05, 0.1) is 4.90 Å². The molecule has 0 spiro atoms. The highest BCUT2D eigenvalue weighted by Gasteiger charge is 2.26. The van der Waals surface area contributed by atoms with Gasteiger partial charge in [-0.1, -0.05) is 73.5 Å². The molecule has 9 heteroatoms. The fraction of sp³-hybridized carbons (Fsp3) is 0.294. The summed E-state index contributed by atoms with van der Waals surface area (Å²) in [7, 11) is 3.85. The molecule has 0 radical (unpaired) electrons. The number of cyclic esters (lactones) is 1. The van der Waals surface area contributed by atoms with E-state index in [9.17, 15) is 13.2 Å². The van der Waals surface area contributed by atoms with Crippen LogP contribution in [0.25, 0.3) is 21.5 Å². The Balaban J connectivity index is 1.12. The first-order valence-corrected chi connectivity index (χ1v) is 16.0. The first-order chi connectivity index (χ1) is 20.7. The lowest BCUT2D eigenvalue weighted by Crippen LogP contribution is -2.28. The van der Waals surface area contributed by atoms with Gasteiger partial charge in [0.2, 0.25) is 15.9 Å². The average molecular weight is 599 g/mol. The minimum absolute atomic E-state index is 0.281. The summed E-state index contributed by atoms with van der Waals surface area (Å²) in [4.78, 5) is 21.3. The molecule has 0 atom stereocenters. The van der Waals surface area contributed by atoms with Crippen molar-refractivity contribution in [1.29, 1.82) is 0 Å². The number of esters is 1. The first kappa shape index (κ1) is 30.3. The number of carbonyl (C=O) groups excluding carboxylic acids is 1. The maximum Gasteiger partial charge on any atom is 0.365 e. The minimum atomic E-state index is -3.63. The fourth-order valence-electron chi connectivity index (χ4n) is 5.42. The van der Waals surface area contributed by atoms with Crippen LogP contribution >= 0.6 is 0 Å². The van der Waals surface area contributed by atoms with Crippen LogP contribution in [0.4, 0.5) is 5.69 Å². The quantitative estimate of drug-likeness (QED) is 0.113. The Bertz CT molecular complexity index is 1810. The average Bonchev–Trinajstić information content (AvgIpc) is 3.36. The predicted octanol–water partition coefficient (Wildman–Crippen LogP) is 6.02. The Kier molecular flexibility index (Phi) is 9.13. The van der Waals surface area contributed by atoms with Crippen molar-refractivity contribution in [3.63, 3.8) is 0 Å². The second-order valence-electron chi connectivity index (χ2n) is 11.1. The number of ether oxygens (including phenoxy) is 1. The van der Waals surface area contributed by atoms with Crippen LogP contribution < -0.4 is 4.90 Å². The smallest absolute Gasteiger partial charge is 0.365 e. The Morgan fingerprint density at radius 2 is 1.40 bits per heavy atom. The normalized spacial score (nSPS) is 14.5. The number of sulfonamides is 1. The molecule has 5 rings (SSSR count). The van der Waals surface area contributed by atoms with E-state index in [1.165, 1.54) is 4.31 Å². The van der Waals surface area contributed by atoms with E-state index >= 15 is 0 Å². The molecular formula is C34H38N4O4S. The van der Waals surface area contributed by atoms with Crippen LogP contribution in [-0.2, 0) is 19.6 Å². The molecule has 1 aliphatic rings. The van der Waals surface area contributed by atoms with Gasteiger partial charge in [0.25, 0.3) is 0 Å². The van der Waals surface area contributed by atoms with E-state index < -0.39 is 16.0 Å². The maximum absolute atomic E-state index is 13.5. The third-order valence-electron chi connectivity index (χ3n) is 7.75. The van der Waals surface area contributed by atoms with Crippen LogP contribution in [0.15, 0.2) is 101 Å². The lowest BCUT2D eigenvalue weighted by Gasteiger charge is -2.20. The highest BCUT2D eigenvalue weighted by atomic mass is 32.2. The summed E-state index contributed by atoms with van der Waals surface area (Å²) in [5.41, 5.74) is 2.06. The number of anilines is 1. The highest BCUT2D eigenvalue weighted by Crippen LogP contribution is 2.31. The molecule has 43 heavy (non-hydrogen) atoms. The van der Waals surface area contributed by atoms with Crippen LogP contribution in [0.3, 0.4) is 0 Å². The minimum Gasteiger partial charge on any atom is -0.402 e. The van der Waals surface area contributed by atoms with Gasteiger partial charge in [-0.05, 0) is 41.8 Å². The molecule has 0 saturated heterocycles. The molecule has 4 aromatic carbocycles. The van der Waals surface area contributed by atoms with Gasteiger partial charge >= 0.3 is 5.97 Å². The summed E-state index contributed by atoms with van der Waals surface area (Å²) < 4.78 is 33.9. The molecule has 224 valence electrons. The predicted molar refractivity (Wildman–Crippen MR) is 174 cm³/mol. The lowest BCUT2D eigenvalue weighted by molar-refractivity contribution is -0.130. The van der Waals surface area contributed by atoms with Crippen molar-refractivity contribution >= 4 is 49.1 Å². The fourth-order valence-corrected chi connectivity index (χ4v) is 6.83. The van der Waals surface area contributed by atoms with E-state index in [-0.39, 0.29) is 5.70 Å². The van der Waals surface area contributed by atoms with Crippen LogP contribution in [0, 0.1) is 0 Å². The molecule has 0 N–H and O–H groups in total. The van der Waals surface area contributed by atoms with Gasteiger partial charge in [-0.25, -0.2) is 22.5 Å². The van der Waals surface area contributed by atoms with E-state index in [0.717, 1.165) is 65.0 Å². The molecule has 0 saturated carbocycles. The topological polar surface area (TPSA) is 82.5 Å². The standard InChI is InChI=1S/C34H38N4O4S/c1-36(2)31-20-12-18-28-27(31)17-13-21-32(28)43(40,41)38(4)23-10-6-5-9-22-37(3)24-30-34(39)42-33(35-30)29-19-11-15-25-14-7-8-16-26(25)29/h7-8,11-21,24H,5-6,9-10,22-23H2,1-4H3/b30-24+. The summed E-state index contributed by atoms with van der Waals surface area (Å²) in [5, 5.41) is 3.70. The summed E-state index contributed by atoms with van der Waals surface area (Å²) in [5.74, 6) is -0.134. The van der Waals surface area contributed by atoms with Gasteiger partial charge in [0.15, 0.2) is 5.70 Å². The van der Waals surface area contributed by atoms with E-state index in [1.54, 1.807) is 19.3 Å². The Morgan fingerprint density at radius 3 is 2.19 bits per heavy atom. The molecule has 8 nitrogen and oxygen atoms in total. The molecule has 1 aliphatic heterocycles. The highest BCUT2D eigenvalue weighted by molar-refractivity contribution is 7.89.